The predicted octanol–water partition coefficient (Wildman–Crippen LogP) is 2.52. The van der Waals surface area contributed by atoms with Crippen molar-refractivity contribution in [3.05, 3.63) is 29.3 Å². The predicted molar refractivity (Wildman–Crippen MR) is 76.5 cm³/mol. The zero-order valence-electron chi connectivity index (χ0n) is 11.3. The third kappa shape index (κ3) is 2.72. The minimum atomic E-state index is -0.855. The standard InChI is InChI=1S/C14H19NO3S/c1-4-8-5-6-10(16)9(7-8)12-15-11(13(17)18)14(2,3)19-12/h5-7,11-12,15-16H,4H2,1-3H3,(H,17,18). The average molecular weight is 281 g/mol. The molecule has 0 aromatic heterocycles. The number of rotatable bonds is 3. The maximum Gasteiger partial charge on any atom is 0.322 e. The van der Waals surface area contributed by atoms with Crippen LogP contribution in [0.4, 0.5) is 0 Å². The normalized spacial score (nSPS) is 25.4. The highest BCUT2D eigenvalue weighted by atomic mass is 32.2. The molecule has 1 saturated heterocycles. The molecule has 0 saturated carbocycles. The first-order valence-electron chi connectivity index (χ1n) is 6.33. The van der Waals surface area contributed by atoms with Gasteiger partial charge in [0.05, 0.1) is 5.37 Å². The highest BCUT2D eigenvalue weighted by Gasteiger charge is 2.46. The van der Waals surface area contributed by atoms with E-state index in [-0.39, 0.29) is 11.1 Å². The third-order valence-electron chi connectivity index (χ3n) is 3.46. The Kier molecular flexibility index (Phi) is 3.78. The molecule has 2 unspecified atom stereocenters. The Morgan fingerprint density at radius 2 is 2.16 bits per heavy atom. The molecule has 1 aromatic carbocycles. The Morgan fingerprint density at radius 3 is 2.68 bits per heavy atom. The minimum Gasteiger partial charge on any atom is -0.508 e. The first-order valence-corrected chi connectivity index (χ1v) is 7.21. The summed E-state index contributed by atoms with van der Waals surface area (Å²) in [5.41, 5.74) is 1.90. The van der Waals surface area contributed by atoms with Gasteiger partial charge in [0.25, 0.3) is 0 Å². The van der Waals surface area contributed by atoms with Crippen molar-refractivity contribution in [3.63, 3.8) is 0 Å². The third-order valence-corrected chi connectivity index (χ3v) is 4.93. The van der Waals surface area contributed by atoms with E-state index in [4.69, 9.17) is 0 Å². The lowest BCUT2D eigenvalue weighted by Gasteiger charge is -2.20. The second-order valence-electron chi connectivity index (χ2n) is 5.29. The van der Waals surface area contributed by atoms with Gasteiger partial charge in [0, 0.05) is 10.3 Å². The summed E-state index contributed by atoms with van der Waals surface area (Å²) in [6, 6.07) is 4.89. The quantitative estimate of drug-likeness (QED) is 0.794. The summed E-state index contributed by atoms with van der Waals surface area (Å²) in [5.74, 6) is -0.643. The van der Waals surface area contributed by atoms with E-state index in [0.29, 0.717) is 0 Å². The van der Waals surface area contributed by atoms with Crippen LogP contribution >= 0.6 is 11.8 Å². The van der Waals surface area contributed by atoms with Gasteiger partial charge < -0.3 is 10.2 Å². The first-order chi connectivity index (χ1) is 8.85. The van der Waals surface area contributed by atoms with Crippen molar-refractivity contribution in [2.24, 2.45) is 0 Å². The van der Waals surface area contributed by atoms with Crippen LogP contribution in [0.15, 0.2) is 18.2 Å². The number of aryl methyl sites for hydroxylation is 1. The van der Waals surface area contributed by atoms with Gasteiger partial charge in [-0.25, -0.2) is 0 Å². The smallest absolute Gasteiger partial charge is 0.322 e. The Morgan fingerprint density at radius 1 is 1.47 bits per heavy atom. The van der Waals surface area contributed by atoms with E-state index in [1.54, 1.807) is 6.07 Å². The monoisotopic (exact) mass is 281 g/mol. The van der Waals surface area contributed by atoms with Gasteiger partial charge in [-0.1, -0.05) is 13.0 Å². The number of benzene rings is 1. The maximum absolute atomic E-state index is 11.3. The number of carboxylic acids is 1. The van der Waals surface area contributed by atoms with Crippen molar-refractivity contribution < 1.29 is 15.0 Å². The van der Waals surface area contributed by atoms with Crippen LogP contribution in [-0.2, 0) is 11.2 Å². The highest BCUT2D eigenvalue weighted by Crippen LogP contribution is 2.47. The molecule has 104 valence electrons. The van der Waals surface area contributed by atoms with Crippen LogP contribution in [0.3, 0.4) is 0 Å². The van der Waals surface area contributed by atoms with Crippen LogP contribution in [0.2, 0.25) is 0 Å². The van der Waals surface area contributed by atoms with Crippen molar-refractivity contribution >= 4 is 17.7 Å². The molecule has 0 aliphatic carbocycles. The number of nitrogens with one attached hydrogen (secondary N) is 1. The van der Waals surface area contributed by atoms with Crippen LogP contribution in [0, 0.1) is 0 Å². The van der Waals surface area contributed by atoms with E-state index in [0.717, 1.165) is 17.5 Å². The number of aromatic hydroxyl groups is 1. The number of carbonyl (C=O) groups is 1. The van der Waals surface area contributed by atoms with Crippen LogP contribution < -0.4 is 5.32 Å². The SMILES string of the molecule is CCc1ccc(O)c(C2NC(C(=O)O)C(C)(C)S2)c1. The first kappa shape index (κ1) is 14.2. The van der Waals surface area contributed by atoms with Gasteiger partial charge >= 0.3 is 5.97 Å². The highest BCUT2D eigenvalue weighted by molar-refractivity contribution is 8.01. The lowest BCUT2D eigenvalue weighted by Crippen LogP contribution is -2.43. The second-order valence-corrected chi connectivity index (χ2v) is 7.05. The topological polar surface area (TPSA) is 69.6 Å². The van der Waals surface area contributed by atoms with Crippen LogP contribution in [0.1, 0.15) is 37.3 Å². The van der Waals surface area contributed by atoms with Crippen LogP contribution in [0.25, 0.3) is 0 Å². The molecule has 19 heavy (non-hydrogen) atoms. The zero-order chi connectivity index (χ0) is 14.2. The largest absolute Gasteiger partial charge is 0.508 e. The van der Waals surface area contributed by atoms with E-state index in [2.05, 4.69) is 12.2 Å². The average Bonchev–Trinajstić information content (AvgIpc) is 2.65. The Hall–Kier alpha value is -1.20. The summed E-state index contributed by atoms with van der Waals surface area (Å²) in [6.45, 7) is 5.86. The molecule has 0 spiro atoms. The van der Waals surface area contributed by atoms with Crippen molar-refractivity contribution in [1.29, 1.82) is 0 Å². The fraction of sp³-hybridized carbons (Fsp3) is 0.500. The van der Waals surface area contributed by atoms with Crippen LogP contribution in [-0.4, -0.2) is 27.0 Å². The molecule has 0 radical (unpaired) electrons. The molecule has 0 amide bonds. The summed E-state index contributed by atoms with van der Waals surface area (Å²) >= 11 is 1.54. The van der Waals surface area contributed by atoms with E-state index in [9.17, 15) is 15.0 Å². The second kappa shape index (κ2) is 5.06. The molecular formula is C14H19NO3S. The number of phenolic OH excluding ortho intramolecular Hbond substituents is 1. The fourth-order valence-corrected chi connectivity index (χ4v) is 3.75. The van der Waals surface area contributed by atoms with Crippen molar-refractivity contribution in [2.45, 2.75) is 43.4 Å². The van der Waals surface area contributed by atoms with E-state index < -0.39 is 16.8 Å². The lowest BCUT2D eigenvalue weighted by molar-refractivity contribution is -0.139. The van der Waals surface area contributed by atoms with Gasteiger partial charge in [0.15, 0.2) is 0 Å². The summed E-state index contributed by atoms with van der Waals surface area (Å²) in [6.07, 6.45) is 0.885. The molecule has 0 bridgehead atoms. The summed E-state index contributed by atoms with van der Waals surface area (Å²) in [7, 11) is 0. The molecule has 1 fully saturated rings. The minimum absolute atomic E-state index is 0.192. The molecule has 4 nitrogen and oxygen atoms in total. The molecule has 1 aromatic rings. The van der Waals surface area contributed by atoms with Gasteiger partial charge in [-0.2, -0.15) is 0 Å². The molecule has 2 atom stereocenters. The van der Waals surface area contributed by atoms with Crippen molar-refractivity contribution in [1.82, 2.24) is 5.32 Å². The van der Waals surface area contributed by atoms with E-state index in [1.807, 2.05) is 26.0 Å². The number of carboxylic acid groups (broad SMARTS) is 1. The van der Waals surface area contributed by atoms with Gasteiger partial charge in [0.1, 0.15) is 11.8 Å². The summed E-state index contributed by atoms with van der Waals surface area (Å²) < 4.78 is -0.412. The Labute approximate surface area is 117 Å². The molecular weight excluding hydrogens is 262 g/mol. The van der Waals surface area contributed by atoms with Gasteiger partial charge in [-0.05, 0) is 38.0 Å². The number of aliphatic carboxylic acids is 1. The molecule has 2 rings (SSSR count). The fourth-order valence-electron chi connectivity index (χ4n) is 2.31. The zero-order valence-corrected chi connectivity index (χ0v) is 12.1. The summed E-state index contributed by atoms with van der Waals surface area (Å²) in [4.78, 5) is 11.3. The van der Waals surface area contributed by atoms with E-state index in [1.165, 1.54) is 11.8 Å². The number of hydrogen-bond donors (Lipinski definition) is 3. The van der Waals surface area contributed by atoms with Crippen LogP contribution in [0.5, 0.6) is 5.75 Å². The molecule has 1 heterocycles. The molecule has 3 N–H and O–H groups in total. The number of thioether (sulfide) groups is 1. The number of hydrogen-bond acceptors (Lipinski definition) is 4. The molecule has 1 aliphatic heterocycles. The molecule has 5 heteroatoms. The van der Waals surface area contributed by atoms with Gasteiger partial charge in [-0.3, -0.25) is 10.1 Å². The summed E-state index contributed by atoms with van der Waals surface area (Å²) in [5, 5.41) is 22.1. The lowest BCUT2D eigenvalue weighted by atomic mass is 10.0. The van der Waals surface area contributed by atoms with Crippen molar-refractivity contribution in [3.8, 4) is 5.75 Å². The van der Waals surface area contributed by atoms with E-state index >= 15 is 0 Å². The molecule has 1 aliphatic rings. The maximum atomic E-state index is 11.3. The van der Waals surface area contributed by atoms with Gasteiger partial charge in [-0.15, -0.1) is 11.8 Å². The van der Waals surface area contributed by atoms with Crippen molar-refractivity contribution in [2.75, 3.05) is 0 Å². The Balaban J connectivity index is 2.32. The Bertz CT molecular complexity index is 501. The van der Waals surface area contributed by atoms with Gasteiger partial charge in [0.2, 0.25) is 0 Å². The number of phenols is 1.